The van der Waals surface area contributed by atoms with Crippen molar-refractivity contribution in [3.63, 3.8) is 0 Å². The first-order valence-corrected chi connectivity index (χ1v) is 5.37. The first-order chi connectivity index (χ1) is 8.33. The Kier molecular flexibility index (Phi) is 2.26. The van der Waals surface area contributed by atoms with Crippen LogP contribution in [-0.2, 0) is 0 Å². The van der Waals surface area contributed by atoms with Gasteiger partial charge in [-0.25, -0.2) is 4.98 Å². The molecule has 0 atom stereocenters. The Hall–Kier alpha value is -2.36. The highest BCUT2D eigenvalue weighted by molar-refractivity contribution is 5.73. The summed E-state index contributed by atoms with van der Waals surface area (Å²) in [5.41, 5.74) is 8.91. The molecule has 2 aromatic heterocycles. The van der Waals surface area contributed by atoms with Gasteiger partial charge in [0.1, 0.15) is 0 Å². The van der Waals surface area contributed by atoms with Crippen molar-refractivity contribution in [1.29, 1.82) is 0 Å². The van der Waals surface area contributed by atoms with Crippen LogP contribution in [0.25, 0.3) is 16.8 Å². The highest BCUT2D eigenvalue weighted by atomic mass is 16.3. The fraction of sp³-hybridized carbons (Fsp3) is 0.0769. The van der Waals surface area contributed by atoms with Gasteiger partial charge in [0, 0.05) is 23.9 Å². The van der Waals surface area contributed by atoms with Gasteiger partial charge in [0.05, 0.1) is 0 Å². The number of nitrogens with zero attached hydrogens (tertiary/aromatic N) is 2. The van der Waals surface area contributed by atoms with Gasteiger partial charge in [0.15, 0.2) is 11.2 Å². The van der Waals surface area contributed by atoms with E-state index in [-0.39, 0.29) is 0 Å². The molecular formula is C13H11N3O. The van der Waals surface area contributed by atoms with Gasteiger partial charge in [-0.3, -0.25) is 0 Å². The van der Waals surface area contributed by atoms with Gasteiger partial charge in [-0.15, -0.1) is 0 Å². The normalized spacial score (nSPS) is 15.5. The standard InChI is InChI=1S/C13H11N3O/c14-10-5-2-1-4-9(8-10)13-16-12-11(17-13)6-3-7-15-12/h1-7H,8,14H2. The van der Waals surface area contributed by atoms with Crippen LogP contribution in [-0.4, -0.2) is 9.97 Å². The topological polar surface area (TPSA) is 64.9 Å². The molecule has 2 aromatic rings. The third-order valence-electron chi connectivity index (χ3n) is 2.55. The number of oxazole rings is 1. The summed E-state index contributed by atoms with van der Waals surface area (Å²) >= 11 is 0. The fourth-order valence-electron chi connectivity index (χ4n) is 1.74. The molecule has 2 N–H and O–H groups in total. The van der Waals surface area contributed by atoms with Crippen LogP contribution >= 0.6 is 0 Å². The number of aromatic nitrogens is 2. The molecule has 0 unspecified atom stereocenters. The summed E-state index contributed by atoms with van der Waals surface area (Å²) in [6.45, 7) is 0. The van der Waals surface area contributed by atoms with E-state index in [4.69, 9.17) is 10.2 Å². The lowest BCUT2D eigenvalue weighted by Crippen LogP contribution is -1.97. The van der Waals surface area contributed by atoms with Crippen molar-refractivity contribution < 1.29 is 4.42 Å². The summed E-state index contributed by atoms with van der Waals surface area (Å²) in [7, 11) is 0. The van der Waals surface area contributed by atoms with Gasteiger partial charge >= 0.3 is 0 Å². The van der Waals surface area contributed by atoms with E-state index >= 15 is 0 Å². The lowest BCUT2D eigenvalue weighted by molar-refractivity contribution is 0.582. The molecule has 0 bridgehead atoms. The minimum absolute atomic E-state index is 0.585. The van der Waals surface area contributed by atoms with Gasteiger partial charge < -0.3 is 10.2 Å². The summed E-state index contributed by atoms with van der Waals surface area (Å²) < 4.78 is 5.65. The minimum atomic E-state index is 0.585. The first kappa shape index (κ1) is 9.84. The van der Waals surface area contributed by atoms with E-state index in [1.54, 1.807) is 6.20 Å². The maximum Gasteiger partial charge on any atom is 0.225 e. The zero-order valence-electron chi connectivity index (χ0n) is 9.13. The molecule has 0 saturated carbocycles. The van der Waals surface area contributed by atoms with Crippen LogP contribution in [0.2, 0.25) is 0 Å². The van der Waals surface area contributed by atoms with E-state index in [2.05, 4.69) is 9.97 Å². The molecule has 0 saturated heterocycles. The highest BCUT2D eigenvalue weighted by Crippen LogP contribution is 2.24. The molecule has 0 radical (unpaired) electrons. The van der Waals surface area contributed by atoms with Crippen molar-refractivity contribution in [2.75, 3.05) is 0 Å². The van der Waals surface area contributed by atoms with Crippen molar-refractivity contribution in [2.45, 2.75) is 6.42 Å². The number of hydrogen-bond donors (Lipinski definition) is 1. The maximum absolute atomic E-state index is 5.84. The van der Waals surface area contributed by atoms with Gasteiger partial charge in [0.2, 0.25) is 5.89 Å². The van der Waals surface area contributed by atoms with Crippen LogP contribution in [0.1, 0.15) is 12.3 Å². The molecule has 0 spiro atoms. The average molecular weight is 225 g/mol. The number of fused-ring (bicyclic) bond motifs is 1. The third kappa shape index (κ3) is 1.85. The first-order valence-electron chi connectivity index (χ1n) is 5.37. The average Bonchev–Trinajstić information content (AvgIpc) is 2.65. The summed E-state index contributed by atoms with van der Waals surface area (Å²) in [5, 5.41) is 0. The summed E-state index contributed by atoms with van der Waals surface area (Å²) in [4.78, 5) is 8.49. The predicted octanol–water partition coefficient (Wildman–Crippen LogP) is 2.41. The summed E-state index contributed by atoms with van der Waals surface area (Å²) in [6, 6.07) is 3.68. The van der Waals surface area contributed by atoms with E-state index in [9.17, 15) is 0 Å². The van der Waals surface area contributed by atoms with Crippen LogP contribution in [0.15, 0.2) is 52.7 Å². The van der Waals surface area contributed by atoms with Crippen LogP contribution in [0.5, 0.6) is 0 Å². The number of nitrogens with two attached hydrogens (primary N) is 1. The van der Waals surface area contributed by atoms with Crippen LogP contribution in [0.3, 0.4) is 0 Å². The second kappa shape index (κ2) is 3.90. The largest absolute Gasteiger partial charge is 0.435 e. The van der Waals surface area contributed by atoms with Crippen molar-refractivity contribution in [3.8, 4) is 0 Å². The monoisotopic (exact) mass is 225 g/mol. The Balaban J connectivity index is 2.07. The Bertz CT molecular complexity index is 616. The number of hydrogen-bond acceptors (Lipinski definition) is 4. The van der Waals surface area contributed by atoms with Crippen LogP contribution in [0, 0.1) is 0 Å². The lowest BCUT2D eigenvalue weighted by atomic mass is 10.1. The SMILES string of the molecule is NC1=CC=CC=C(c2nc3ncccc3o2)C1. The molecule has 2 heterocycles. The molecule has 17 heavy (non-hydrogen) atoms. The summed E-state index contributed by atoms with van der Waals surface area (Å²) in [5.74, 6) is 0.585. The molecule has 4 heteroatoms. The highest BCUT2D eigenvalue weighted by Gasteiger charge is 2.12. The molecule has 0 aliphatic heterocycles. The van der Waals surface area contributed by atoms with Gasteiger partial charge in [-0.1, -0.05) is 18.2 Å². The maximum atomic E-state index is 5.84. The molecule has 1 aliphatic rings. The van der Waals surface area contributed by atoms with Crippen molar-refractivity contribution in [3.05, 3.63) is 54.2 Å². The molecular weight excluding hydrogens is 214 g/mol. The third-order valence-corrected chi connectivity index (χ3v) is 2.55. The molecule has 3 rings (SSSR count). The van der Waals surface area contributed by atoms with Gasteiger partial charge in [-0.05, 0) is 18.2 Å². The zero-order chi connectivity index (χ0) is 11.7. The van der Waals surface area contributed by atoms with E-state index in [0.29, 0.717) is 23.5 Å². The molecule has 1 aliphatic carbocycles. The van der Waals surface area contributed by atoms with Gasteiger partial charge in [-0.2, -0.15) is 4.98 Å². The van der Waals surface area contributed by atoms with E-state index in [0.717, 1.165) is 11.3 Å². The van der Waals surface area contributed by atoms with Crippen molar-refractivity contribution >= 4 is 16.8 Å². The molecule has 0 aromatic carbocycles. The van der Waals surface area contributed by atoms with Gasteiger partial charge in [0.25, 0.3) is 0 Å². The van der Waals surface area contributed by atoms with Crippen LogP contribution in [0.4, 0.5) is 0 Å². The molecule has 84 valence electrons. The summed E-state index contributed by atoms with van der Waals surface area (Å²) in [6.07, 6.45) is 10.0. The predicted molar refractivity (Wildman–Crippen MR) is 65.8 cm³/mol. The Morgan fingerprint density at radius 1 is 1.24 bits per heavy atom. The van der Waals surface area contributed by atoms with Crippen molar-refractivity contribution in [2.24, 2.45) is 5.73 Å². The van der Waals surface area contributed by atoms with E-state index < -0.39 is 0 Å². The number of pyridine rings is 1. The zero-order valence-corrected chi connectivity index (χ0v) is 9.13. The second-order valence-electron chi connectivity index (χ2n) is 3.84. The minimum Gasteiger partial charge on any atom is -0.435 e. The van der Waals surface area contributed by atoms with Crippen LogP contribution < -0.4 is 5.73 Å². The number of rotatable bonds is 1. The molecule has 4 nitrogen and oxygen atoms in total. The van der Waals surface area contributed by atoms with E-state index in [1.165, 1.54) is 0 Å². The Morgan fingerprint density at radius 3 is 3.00 bits per heavy atom. The second-order valence-corrected chi connectivity index (χ2v) is 3.84. The fourth-order valence-corrected chi connectivity index (χ4v) is 1.74. The Labute approximate surface area is 98.2 Å². The number of allylic oxidation sites excluding steroid dienone is 5. The van der Waals surface area contributed by atoms with Crippen molar-refractivity contribution in [1.82, 2.24) is 9.97 Å². The molecule has 0 amide bonds. The molecule has 0 fully saturated rings. The lowest BCUT2D eigenvalue weighted by Gasteiger charge is -2.00. The quantitative estimate of drug-likeness (QED) is 0.809. The smallest absolute Gasteiger partial charge is 0.225 e. The Morgan fingerprint density at radius 2 is 2.12 bits per heavy atom. The van der Waals surface area contributed by atoms with E-state index in [1.807, 2.05) is 36.4 Å².